The molecule has 74 heavy (non-hydrogen) atoms. The molecule has 0 saturated carbocycles. The molecule has 428 valence electrons. The quantitative estimate of drug-likeness (QED) is 0.0197. The van der Waals surface area contributed by atoms with Gasteiger partial charge in [-0.25, -0.2) is 4.57 Å². The summed E-state index contributed by atoms with van der Waals surface area (Å²) in [6.07, 6.45) is 63.1. The molecule has 0 aromatic rings. The van der Waals surface area contributed by atoms with Crippen molar-refractivity contribution in [2.24, 2.45) is 0 Å². The Kier molecular flexibility index (Phi) is 53.8. The van der Waals surface area contributed by atoms with Crippen LogP contribution < -0.4 is 0 Å². The number of esters is 3. The number of allylic oxidation sites excluding steroid dienone is 12. The van der Waals surface area contributed by atoms with Crippen molar-refractivity contribution >= 4 is 25.7 Å². The van der Waals surface area contributed by atoms with Gasteiger partial charge in [0.1, 0.15) is 12.7 Å². The number of phosphoric ester groups is 1. The van der Waals surface area contributed by atoms with Crippen LogP contribution in [0.2, 0.25) is 0 Å². The lowest BCUT2D eigenvalue weighted by Gasteiger charge is -2.21. The molecule has 0 bridgehead atoms. The van der Waals surface area contributed by atoms with E-state index < -0.39 is 57.8 Å². The first-order chi connectivity index (χ1) is 36.2. The van der Waals surface area contributed by atoms with Crippen LogP contribution in [0, 0.1) is 0 Å². The Morgan fingerprint density at radius 2 is 0.703 bits per heavy atom. The Balaban J connectivity index is 4.81. The molecule has 0 amide bonds. The van der Waals surface area contributed by atoms with Crippen molar-refractivity contribution in [1.82, 2.24) is 0 Å². The number of hydrogen-bond donors (Lipinski definition) is 2. The number of ether oxygens (including phenoxy) is 3. The SMILES string of the molecule is CC/C=C\C/C=C\C/C=C\C/C=C\C/C=C\C/C=C\CCC(=O)OC(COC(=O)CCCCCCCCCCCCCCCCCCC)COP(=O)(O)OCC(CO)OC(=O)CCCCCCCCCCCCC. The summed E-state index contributed by atoms with van der Waals surface area (Å²) in [6, 6.07) is 0. The Morgan fingerprint density at radius 3 is 1.08 bits per heavy atom. The molecular weight excluding hydrogens is 952 g/mol. The molecule has 12 heteroatoms. The van der Waals surface area contributed by atoms with Crippen LogP contribution in [-0.4, -0.2) is 66.5 Å². The predicted octanol–water partition coefficient (Wildman–Crippen LogP) is 17.7. The lowest BCUT2D eigenvalue weighted by molar-refractivity contribution is -0.161. The third kappa shape index (κ3) is 53.7. The highest BCUT2D eigenvalue weighted by atomic mass is 31.2. The number of carbonyl (C=O) groups is 3. The summed E-state index contributed by atoms with van der Waals surface area (Å²) < 4.78 is 39.4. The maximum atomic E-state index is 12.9. The molecule has 0 aliphatic rings. The van der Waals surface area contributed by atoms with Gasteiger partial charge in [-0.2, -0.15) is 0 Å². The number of phosphoric acid groups is 1. The number of hydrogen-bond acceptors (Lipinski definition) is 10. The number of aliphatic hydroxyl groups excluding tert-OH is 1. The van der Waals surface area contributed by atoms with E-state index >= 15 is 0 Å². The zero-order valence-electron chi connectivity index (χ0n) is 47.3. The predicted molar refractivity (Wildman–Crippen MR) is 307 cm³/mol. The largest absolute Gasteiger partial charge is 0.472 e. The zero-order valence-corrected chi connectivity index (χ0v) is 48.2. The number of aliphatic hydroxyl groups is 1. The highest BCUT2D eigenvalue weighted by molar-refractivity contribution is 7.47. The van der Waals surface area contributed by atoms with E-state index in [4.69, 9.17) is 23.3 Å². The minimum atomic E-state index is -4.76. The molecule has 0 aliphatic carbocycles. The van der Waals surface area contributed by atoms with E-state index in [0.717, 1.165) is 77.0 Å². The van der Waals surface area contributed by atoms with Crippen molar-refractivity contribution in [2.45, 2.75) is 277 Å². The minimum Gasteiger partial charge on any atom is -0.462 e. The monoisotopic (exact) mass is 1060 g/mol. The minimum absolute atomic E-state index is 0.0435. The second-order valence-corrected chi connectivity index (χ2v) is 21.2. The lowest BCUT2D eigenvalue weighted by Crippen LogP contribution is -2.30. The number of unbranched alkanes of at least 4 members (excludes halogenated alkanes) is 26. The van der Waals surface area contributed by atoms with Crippen LogP contribution in [0.5, 0.6) is 0 Å². The van der Waals surface area contributed by atoms with Gasteiger partial charge in [0.25, 0.3) is 0 Å². The molecule has 11 nitrogen and oxygen atoms in total. The summed E-state index contributed by atoms with van der Waals surface area (Å²) in [5.41, 5.74) is 0. The van der Waals surface area contributed by atoms with Crippen LogP contribution in [0.1, 0.15) is 265 Å². The van der Waals surface area contributed by atoms with Gasteiger partial charge in [0.2, 0.25) is 0 Å². The fourth-order valence-corrected chi connectivity index (χ4v) is 8.93. The summed E-state index contributed by atoms with van der Waals surface area (Å²) in [6.45, 7) is 4.47. The maximum absolute atomic E-state index is 12.9. The van der Waals surface area contributed by atoms with Gasteiger partial charge >= 0.3 is 25.7 Å². The van der Waals surface area contributed by atoms with E-state index in [1.165, 1.54) is 128 Å². The van der Waals surface area contributed by atoms with Crippen LogP contribution in [0.3, 0.4) is 0 Å². The van der Waals surface area contributed by atoms with Gasteiger partial charge < -0.3 is 24.2 Å². The maximum Gasteiger partial charge on any atom is 0.472 e. The van der Waals surface area contributed by atoms with Gasteiger partial charge in [-0.15, -0.1) is 0 Å². The molecular formula is C62H109O11P. The van der Waals surface area contributed by atoms with Crippen LogP contribution >= 0.6 is 7.82 Å². The van der Waals surface area contributed by atoms with E-state index in [-0.39, 0.29) is 25.9 Å². The molecule has 3 atom stereocenters. The van der Waals surface area contributed by atoms with Gasteiger partial charge in [-0.05, 0) is 57.8 Å². The van der Waals surface area contributed by atoms with Crippen molar-refractivity contribution in [3.8, 4) is 0 Å². The molecule has 0 heterocycles. The third-order valence-electron chi connectivity index (χ3n) is 12.7. The van der Waals surface area contributed by atoms with Crippen LogP contribution in [-0.2, 0) is 42.2 Å². The first-order valence-electron chi connectivity index (χ1n) is 29.8. The Hall–Kier alpha value is -3.08. The normalized spacial score (nSPS) is 13.9. The van der Waals surface area contributed by atoms with Crippen molar-refractivity contribution in [3.05, 3.63) is 72.9 Å². The molecule has 0 radical (unpaired) electrons. The fraction of sp³-hybridized carbons (Fsp3) is 0.758. The van der Waals surface area contributed by atoms with Crippen LogP contribution in [0.15, 0.2) is 72.9 Å². The molecule has 3 unspecified atom stereocenters. The number of carbonyl (C=O) groups excluding carboxylic acids is 3. The first kappa shape index (κ1) is 70.9. The van der Waals surface area contributed by atoms with Crippen LogP contribution in [0.4, 0.5) is 0 Å². The van der Waals surface area contributed by atoms with E-state index in [9.17, 15) is 28.9 Å². The van der Waals surface area contributed by atoms with Crippen molar-refractivity contribution in [1.29, 1.82) is 0 Å². The molecule has 0 spiro atoms. The summed E-state index contributed by atoms with van der Waals surface area (Å²) >= 11 is 0. The van der Waals surface area contributed by atoms with E-state index in [1.807, 2.05) is 12.2 Å². The summed E-state index contributed by atoms with van der Waals surface area (Å²) in [7, 11) is -4.76. The van der Waals surface area contributed by atoms with Gasteiger partial charge in [-0.1, -0.05) is 261 Å². The van der Waals surface area contributed by atoms with E-state index in [0.29, 0.717) is 19.3 Å². The zero-order chi connectivity index (χ0) is 54.1. The topological polar surface area (TPSA) is 155 Å². The molecule has 0 aromatic heterocycles. The first-order valence-corrected chi connectivity index (χ1v) is 31.3. The van der Waals surface area contributed by atoms with Crippen molar-refractivity contribution in [3.63, 3.8) is 0 Å². The van der Waals surface area contributed by atoms with E-state index in [2.05, 4.69) is 81.5 Å². The number of rotatable bonds is 55. The summed E-state index contributed by atoms with van der Waals surface area (Å²) in [4.78, 5) is 48.5. The van der Waals surface area contributed by atoms with Gasteiger partial charge in [0.05, 0.1) is 19.8 Å². The Morgan fingerprint density at radius 1 is 0.392 bits per heavy atom. The molecule has 0 aromatic carbocycles. The van der Waals surface area contributed by atoms with Gasteiger partial charge in [0.15, 0.2) is 6.10 Å². The van der Waals surface area contributed by atoms with E-state index in [1.54, 1.807) is 0 Å². The van der Waals surface area contributed by atoms with Gasteiger partial charge in [-0.3, -0.25) is 23.4 Å². The summed E-state index contributed by atoms with van der Waals surface area (Å²) in [5, 5.41) is 9.80. The highest BCUT2D eigenvalue weighted by Crippen LogP contribution is 2.43. The Bertz CT molecular complexity index is 1520. The average molecular weight is 1060 g/mol. The standard InChI is InChI=1S/C62H109O11P/c1-4-7-10-13-16-19-22-24-26-28-29-31-33-35-38-41-44-47-50-53-62(66)73-59(55-69-60(64)51-48-45-42-39-37-34-32-30-27-25-23-20-17-14-11-8-5-2)57-71-74(67,68)70-56-58(54-63)72-61(65)52-49-46-43-40-36-21-18-15-12-9-6-3/h7,10,16,19,24,26,29,31,35,38,44,47,58-59,63H,4-6,8-9,11-15,17-18,20-23,25,27-28,30,32-34,36-37,39-43,45-46,48-57H2,1-3H3,(H,67,68)/b10-7-,19-16-,26-24-,31-29-,38-35-,47-44-. The summed E-state index contributed by atoms with van der Waals surface area (Å²) in [5.74, 6) is -1.56. The molecule has 0 fully saturated rings. The van der Waals surface area contributed by atoms with Crippen molar-refractivity contribution < 1.29 is 52.2 Å². The van der Waals surface area contributed by atoms with Crippen molar-refractivity contribution in [2.75, 3.05) is 26.4 Å². The molecule has 2 N–H and O–H groups in total. The molecule has 0 aliphatic heterocycles. The Labute approximate surface area is 452 Å². The smallest absolute Gasteiger partial charge is 0.462 e. The van der Waals surface area contributed by atoms with Gasteiger partial charge in [0, 0.05) is 19.3 Å². The van der Waals surface area contributed by atoms with Crippen LogP contribution in [0.25, 0.3) is 0 Å². The fourth-order valence-electron chi connectivity index (χ4n) is 8.15. The molecule has 0 rings (SSSR count). The highest BCUT2D eigenvalue weighted by Gasteiger charge is 2.28. The second kappa shape index (κ2) is 56.1. The molecule has 0 saturated heterocycles. The average Bonchev–Trinajstić information content (AvgIpc) is 3.39. The second-order valence-electron chi connectivity index (χ2n) is 19.8. The third-order valence-corrected chi connectivity index (χ3v) is 13.6. The lowest BCUT2D eigenvalue weighted by atomic mass is 10.0.